The summed E-state index contributed by atoms with van der Waals surface area (Å²) in [6.45, 7) is 6.88. The van der Waals surface area contributed by atoms with E-state index in [9.17, 15) is 0 Å². The molecular weight excluding hydrogens is 394 g/mol. The molecule has 0 heterocycles. The van der Waals surface area contributed by atoms with Gasteiger partial charge >= 0.3 is 118 Å². The van der Waals surface area contributed by atoms with Crippen molar-refractivity contribution in [3.05, 3.63) is 0 Å². The van der Waals surface area contributed by atoms with Crippen LogP contribution < -0.4 is 0 Å². The van der Waals surface area contributed by atoms with Crippen LogP contribution in [0.1, 0.15) is 78.6 Å². The predicted octanol–water partition coefficient (Wildman–Crippen LogP) is 7.12. The molecule has 0 N–H and O–H groups in total. The summed E-state index contributed by atoms with van der Waals surface area (Å²) in [4.78, 5) is 0. The van der Waals surface area contributed by atoms with Crippen LogP contribution in [0.5, 0.6) is 0 Å². The molecule has 0 aromatic rings. The van der Waals surface area contributed by atoms with Gasteiger partial charge in [0.2, 0.25) is 0 Å². The molecule has 0 spiro atoms. The van der Waals surface area contributed by atoms with E-state index in [0.29, 0.717) is 0 Å². The first-order valence-corrected chi connectivity index (χ1v) is 19.9. The third-order valence-corrected chi connectivity index (χ3v) is 21.8. The van der Waals surface area contributed by atoms with Gasteiger partial charge in [-0.05, 0) is 0 Å². The van der Waals surface area contributed by atoms with Crippen molar-refractivity contribution >= 4 is 8.58 Å². The molecule has 0 atom stereocenters. The average molecular weight is 427 g/mol. The summed E-state index contributed by atoms with van der Waals surface area (Å²) >= 11 is -2.30. The summed E-state index contributed by atoms with van der Waals surface area (Å²) in [6.07, 6.45) is 12.5. The summed E-state index contributed by atoms with van der Waals surface area (Å²) in [5.74, 6) is 0. The summed E-state index contributed by atoms with van der Waals surface area (Å²) < 4.78 is 4.36. The van der Waals surface area contributed by atoms with Gasteiger partial charge in [0, 0.05) is 0 Å². The Balaban J connectivity index is 3.95. The van der Waals surface area contributed by atoms with Gasteiger partial charge in [0.05, 0.1) is 0 Å². The molecule has 0 aromatic heterocycles. The fraction of sp³-hybridized carbons (Fsp3) is 1.00. The van der Waals surface area contributed by atoms with Crippen LogP contribution in [0.4, 0.5) is 0 Å². The van der Waals surface area contributed by atoms with E-state index in [1.54, 1.807) is 0 Å². The molecule has 17 heavy (non-hydrogen) atoms. The molecule has 0 nitrogen and oxygen atoms in total. The zero-order valence-corrected chi connectivity index (χ0v) is 16.7. The summed E-state index contributed by atoms with van der Waals surface area (Å²) in [6, 6.07) is 0. The SMILES string of the molecule is CCCC[CH2][Hf]([Cl])([CH2]CCCC)[CH2]CCCC. The van der Waals surface area contributed by atoms with Gasteiger partial charge in [0.1, 0.15) is 0 Å². The Bertz CT molecular complexity index is 132. The summed E-state index contributed by atoms with van der Waals surface area (Å²) in [5.41, 5.74) is 0. The molecule has 0 fully saturated rings. The van der Waals surface area contributed by atoms with Gasteiger partial charge in [0.25, 0.3) is 0 Å². The monoisotopic (exact) mass is 428 g/mol. The van der Waals surface area contributed by atoms with Crippen molar-refractivity contribution in [2.75, 3.05) is 0 Å². The third kappa shape index (κ3) is 10.7. The van der Waals surface area contributed by atoms with E-state index in [4.69, 9.17) is 8.58 Å². The Morgan fingerprint density at radius 2 is 0.882 bits per heavy atom. The van der Waals surface area contributed by atoms with E-state index < -0.39 is 18.8 Å². The summed E-state index contributed by atoms with van der Waals surface area (Å²) in [7, 11) is 7.07. The van der Waals surface area contributed by atoms with Gasteiger partial charge in [0.15, 0.2) is 0 Å². The molecule has 104 valence electrons. The van der Waals surface area contributed by atoms with Crippen LogP contribution in [0.2, 0.25) is 12.5 Å². The number of rotatable bonds is 12. The molecule has 0 radical (unpaired) electrons. The quantitative estimate of drug-likeness (QED) is 0.230. The molecule has 0 aliphatic rings. The van der Waals surface area contributed by atoms with Crippen molar-refractivity contribution < 1.29 is 18.8 Å². The molecule has 0 saturated carbocycles. The number of hydrogen-bond acceptors (Lipinski definition) is 0. The number of unbranched alkanes of at least 4 members (excludes halogenated alkanes) is 6. The van der Waals surface area contributed by atoms with Crippen molar-refractivity contribution in [1.29, 1.82) is 0 Å². The van der Waals surface area contributed by atoms with Crippen molar-refractivity contribution in [2.45, 2.75) is 91.1 Å². The van der Waals surface area contributed by atoms with Crippen molar-refractivity contribution in [1.82, 2.24) is 0 Å². The molecule has 2 heteroatoms. The second-order valence-electron chi connectivity index (χ2n) is 5.52. The molecule has 0 aliphatic carbocycles. The first-order chi connectivity index (χ1) is 8.18. The normalized spacial score (nSPS) is 12.0. The molecule has 0 saturated heterocycles. The summed E-state index contributed by atoms with van der Waals surface area (Å²) in [5, 5.41) is 0. The van der Waals surface area contributed by atoms with Gasteiger partial charge in [-0.25, -0.2) is 0 Å². The minimum atomic E-state index is -2.30. The van der Waals surface area contributed by atoms with Crippen LogP contribution in [-0.4, -0.2) is 0 Å². The van der Waals surface area contributed by atoms with E-state index in [0.717, 1.165) is 0 Å². The number of hydrogen-bond donors (Lipinski definition) is 0. The fourth-order valence-corrected chi connectivity index (χ4v) is 18.0. The van der Waals surface area contributed by atoms with E-state index in [2.05, 4.69) is 20.8 Å². The van der Waals surface area contributed by atoms with Gasteiger partial charge < -0.3 is 0 Å². The van der Waals surface area contributed by atoms with Crippen LogP contribution in [0, 0.1) is 0 Å². The minimum absolute atomic E-state index is 1.34. The van der Waals surface area contributed by atoms with Crippen LogP contribution in [0.25, 0.3) is 0 Å². The van der Waals surface area contributed by atoms with E-state index in [-0.39, 0.29) is 0 Å². The van der Waals surface area contributed by atoms with Gasteiger partial charge in [-0.15, -0.1) is 0 Å². The third-order valence-electron chi connectivity index (χ3n) is 3.69. The standard InChI is InChI=1S/3C5H11.ClH.Hf/c3*1-3-5-4-2;;/h3*1,3-5H2,2H3;1H;/q;;;;+1/p-1. The first-order valence-electron chi connectivity index (χ1n) is 7.87. The zero-order valence-electron chi connectivity index (χ0n) is 12.4. The average Bonchev–Trinajstić information content (AvgIpc) is 2.30. The van der Waals surface area contributed by atoms with E-state index in [1.165, 1.54) is 70.3 Å². The topological polar surface area (TPSA) is 0 Å². The Hall–Kier alpha value is 1.16. The molecule has 0 unspecified atom stereocenters. The number of halogens is 1. The van der Waals surface area contributed by atoms with Crippen molar-refractivity contribution in [3.63, 3.8) is 0 Å². The van der Waals surface area contributed by atoms with Crippen LogP contribution in [0.3, 0.4) is 0 Å². The second kappa shape index (κ2) is 12.2. The molecule has 0 amide bonds. The fourth-order valence-electron chi connectivity index (χ4n) is 2.45. The van der Waals surface area contributed by atoms with E-state index >= 15 is 0 Å². The van der Waals surface area contributed by atoms with Crippen molar-refractivity contribution in [2.24, 2.45) is 0 Å². The Morgan fingerprint density at radius 3 is 1.12 bits per heavy atom. The van der Waals surface area contributed by atoms with Crippen LogP contribution in [0.15, 0.2) is 0 Å². The van der Waals surface area contributed by atoms with Crippen LogP contribution >= 0.6 is 8.58 Å². The Kier molecular flexibility index (Phi) is 13.0. The zero-order chi connectivity index (χ0) is 13.0. The second-order valence-corrected chi connectivity index (χ2v) is 25.7. The molecule has 0 aliphatic heterocycles. The Labute approximate surface area is 118 Å². The van der Waals surface area contributed by atoms with Gasteiger partial charge in [-0.2, -0.15) is 0 Å². The molecule has 0 aromatic carbocycles. The predicted molar refractivity (Wildman–Crippen MR) is 78.8 cm³/mol. The van der Waals surface area contributed by atoms with Gasteiger partial charge in [-0.1, -0.05) is 0 Å². The van der Waals surface area contributed by atoms with E-state index in [1.807, 2.05) is 0 Å². The van der Waals surface area contributed by atoms with Crippen molar-refractivity contribution in [3.8, 4) is 0 Å². The van der Waals surface area contributed by atoms with Gasteiger partial charge in [-0.3, -0.25) is 0 Å². The Morgan fingerprint density at radius 1 is 0.588 bits per heavy atom. The first kappa shape index (κ1) is 18.2. The molecular formula is C15H33ClHf. The molecule has 0 bridgehead atoms. The van der Waals surface area contributed by atoms with Crippen LogP contribution in [-0.2, 0) is 18.8 Å². The maximum absolute atomic E-state index is 7.07. The maximum atomic E-state index is 7.07. The molecule has 0 rings (SSSR count).